The molecule has 0 amide bonds. The van der Waals surface area contributed by atoms with Gasteiger partial charge in [0.1, 0.15) is 73.8 Å². The lowest BCUT2D eigenvalue weighted by Crippen LogP contribution is -2.08. The number of epoxide rings is 4. The SMILES string of the molecule is c1ccc(OCC2CO2)c(Cc2ccccc2OCC2CO2)c1.c1ccc(OCC2CO2)c(Cc2ccccc2OCC2CO2)c1. The van der Waals surface area contributed by atoms with Gasteiger partial charge < -0.3 is 37.9 Å². The molecular weight excluding hydrogens is 584 g/mol. The minimum absolute atomic E-state index is 0.261. The second-order valence-electron chi connectivity index (χ2n) is 11.8. The van der Waals surface area contributed by atoms with Crippen LogP contribution < -0.4 is 18.9 Å². The lowest BCUT2D eigenvalue weighted by molar-refractivity contribution is 0.259. The van der Waals surface area contributed by atoms with Crippen molar-refractivity contribution < 1.29 is 37.9 Å². The molecule has 4 aromatic rings. The Kier molecular flexibility index (Phi) is 9.97. The maximum Gasteiger partial charge on any atom is 0.122 e. The number of hydrogen-bond donors (Lipinski definition) is 0. The summed E-state index contributed by atoms with van der Waals surface area (Å²) in [6, 6.07) is 32.6. The van der Waals surface area contributed by atoms with Crippen LogP contribution in [0, 0.1) is 0 Å². The van der Waals surface area contributed by atoms with Crippen molar-refractivity contribution in [1.29, 1.82) is 0 Å². The van der Waals surface area contributed by atoms with Crippen molar-refractivity contribution in [1.82, 2.24) is 0 Å². The summed E-state index contributed by atoms with van der Waals surface area (Å²) in [7, 11) is 0. The third-order valence-corrected chi connectivity index (χ3v) is 7.96. The Labute approximate surface area is 270 Å². The number of para-hydroxylation sites is 4. The van der Waals surface area contributed by atoms with E-state index in [0.29, 0.717) is 26.4 Å². The quantitative estimate of drug-likeness (QED) is 0.148. The van der Waals surface area contributed by atoms with Crippen LogP contribution in [0.1, 0.15) is 22.3 Å². The van der Waals surface area contributed by atoms with Crippen molar-refractivity contribution in [2.75, 3.05) is 52.9 Å². The molecule has 0 spiro atoms. The first-order chi connectivity index (χ1) is 22.8. The van der Waals surface area contributed by atoms with E-state index in [1.807, 2.05) is 72.8 Å². The van der Waals surface area contributed by atoms with Gasteiger partial charge in [-0.1, -0.05) is 72.8 Å². The molecule has 4 saturated heterocycles. The van der Waals surface area contributed by atoms with Crippen LogP contribution in [0.3, 0.4) is 0 Å². The van der Waals surface area contributed by atoms with Gasteiger partial charge in [0, 0.05) is 12.8 Å². The first-order valence-corrected chi connectivity index (χ1v) is 16.1. The summed E-state index contributed by atoms with van der Waals surface area (Å²) in [5.74, 6) is 3.68. The summed E-state index contributed by atoms with van der Waals surface area (Å²) in [6.45, 7) is 5.71. The fourth-order valence-electron chi connectivity index (χ4n) is 4.96. The van der Waals surface area contributed by atoms with E-state index in [2.05, 4.69) is 24.3 Å². The molecule has 0 aromatic heterocycles. The Hall–Kier alpha value is -4.08. The molecule has 4 unspecified atom stereocenters. The van der Waals surface area contributed by atoms with Gasteiger partial charge >= 0.3 is 0 Å². The highest BCUT2D eigenvalue weighted by Gasteiger charge is 2.26. The zero-order valence-electron chi connectivity index (χ0n) is 25.9. The summed E-state index contributed by atoms with van der Waals surface area (Å²) in [4.78, 5) is 0. The summed E-state index contributed by atoms with van der Waals surface area (Å²) in [5.41, 5.74) is 4.64. The van der Waals surface area contributed by atoms with Gasteiger partial charge in [0.15, 0.2) is 0 Å². The topological polar surface area (TPSA) is 87.0 Å². The fraction of sp³-hybridized carbons (Fsp3) is 0.368. The number of rotatable bonds is 16. The van der Waals surface area contributed by atoms with Gasteiger partial charge in [-0.2, -0.15) is 0 Å². The molecule has 4 aliphatic heterocycles. The number of hydrogen-bond acceptors (Lipinski definition) is 8. The van der Waals surface area contributed by atoms with E-state index in [1.165, 1.54) is 0 Å². The lowest BCUT2D eigenvalue weighted by atomic mass is 10.0. The normalized spacial score (nSPS) is 21.7. The second-order valence-corrected chi connectivity index (χ2v) is 11.8. The molecule has 4 atom stereocenters. The van der Waals surface area contributed by atoms with Crippen LogP contribution in [0.25, 0.3) is 0 Å². The zero-order valence-corrected chi connectivity index (χ0v) is 25.9. The van der Waals surface area contributed by atoms with Gasteiger partial charge in [0.2, 0.25) is 0 Å². The Bertz CT molecular complexity index is 1330. The summed E-state index contributed by atoms with van der Waals surface area (Å²) in [6.07, 6.45) is 2.61. The molecule has 4 heterocycles. The summed E-state index contributed by atoms with van der Waals surface area (Å²) >= 11 is 0. The maximum absolute atomic E-state index is 5.90. The van der Waals surface area contributed by atoms with Crippen LogP contribution in [0.2, 0.25) is 0 Å². The van der Waals surface area contributed by atoms with Crippen molar-refractivity contribution in [3.05, 3.63) is 119 Å². The molecule has 8 nitrogen and oxygen atoms in total. The Balaban J connectivity index is 0.000000147. The Morgan fingerprint density at radius 3 is 0.804 bits per heavy atom. The first-order valence-electron chi connectivity index (χ1n) is 16.1. The molecule has 4 fully saturated rings. The smallest absolute Gasteiger partial charge is 0.122 e. The minimum atomic E-state index is 0.261. The largest absolute Gasteiger partial charge is 0.490 e. The Morgan fingerprint density at radius 2 is 0.587 bits per heavy atom. The van der Waals surface area contributed by atoms with Gasteiger partial charge in [-0.3, -0.25) is 0 Å². The zero-order chi connectivity index (χ0) is 31.0. The van der Waals surface area contributed by atoms with E-state index in [1.54, 1.807) is 0 Å². The van der Waals surface area contributed by atoms with E-state index in [9.17, 15) is 0 Å². The molecule has 0 radical (unpaired) electrons. The third kappa shape index (κ3) is 9.47. The van der Waals surface area contributed by atoms with Crippen LogP contribution in [0.15, 0.2) is 97.1 Å². The number of ether oxygens (including phenoxy) is 8. The maximum atomic E-state index is 5.90. The van der Waals surface area contributed by atoms with E-state index in [4.69, 9.17) is 37.9 Å². The van der Waals surface area contributed by atoms with Crippen LogP contribution in [0.5, 0.6) is 23.0 Å². The standard InChI is InChI=1S/2C19H20O4/c2*1-3-7-18(22-12-16-10-20-16)14(5-1)9-15-6-2-4-8-19(15)23-13-17-11-21-17/h2*1-8,16-17H,9-13H2. The average molecular weight is 625 g/mol. The number of benzene rings is 4. The second kappa shape index (κ2) is 15.0. The monoisotopic (exact) mass is 624 g/mol. The molecule has 0 bridgehead atoms. The van der Waals surface area contributed by atoms with E-state index >= 15 is 0 Å². The molecule has 0 saturated carbocycles. The van der Waals surface area contributed by atoms with Crippen LogP contribution in [-0.4, -0.2) is 77.3 Å². The molecule has 8 heteroatoms. The lowest BCUT2D eigenvalue weighted by Gasteiger charge is -2.13. The molecule has 0 aliphatic carbocycles. The molecule has 46 heavy (non-hydrogen) atoms. The van der Waals surface area contributed by atoms with Gasteiger partial charge in [-0.25, -0.2) is 0 Å². The molecular formula is C38H40O8. The Morgan fingerprint density at radius 1 is 0.370 bits per heavy atom. The minimum Gasteiger partial charge on any atom is -0.490 e. The van der Waals surface area contributed by atoms with Gasteiger partial charge in [-0.15, -0.1) is 0 Å². The molecule has 240 valence electrons. The van der Waals surface area contributed by atoms with Crippen LogP contribution >= 0.6 is 0 Å². The van der Waals surface area contributed by atoms with Gasteiger partial charge in [0.05, 0.1) is 26.4 Å². The predicted octanol–water partition coefficient (Wildman–Crippen LogP) is 5.67. The highest BCUT2D eigenvalue weighted by molar-refractivity contribution is 5.44. The van der Waals surface area contributed by atoms with Gasteiger partial charge in [0.25, 0.3) is 0 Å². The van der Waals surface area contributed by atoms with E-state index in [0.717, 1.165) is 84.5 Å². The van der Waals surface area contributed by atoms with Crippen molar-refractivity contribution in [3.8, 4) is 23.0 Å². The third-order valence-electron chi connectivity index (χ3n) is 7.96. The average Bonchev–Trinajstić information content (AvgIpc) is 3.88. The summed E-state index contributed by atoms with van der Waals surface area (Å²) < 4.78 is 44.4. The van der Waals surface area contributed by atoms with Crippen molar-refractivity contribution in [2.45, 2.75) is 37.3 Å². The van der Waals surface area contributed by atoms with Gasteiger partial charge in [-0.05, 0) is 46.5 Å². The van der Waals surface area contributed by atoms with Crippen LogP contribution in [0.4, 0.5) is 0 Å². The summed E-state index contributed by atoms with van der Waals surface area (Å²) in [5, 5.41) is 0. The molecule has 8 rings (SSSR count). The molecule has 0 N–H and O–H groups in total. The van der Waals surface area contributed by atoms with E-state index < -0.39 is 0 Å². The predicted molar refractivity (Wildman–Crippen MR) is 172 cm³/mol. The highest BCUT2D eigenvalue weighted by Crippen LogP contribution is 2.29. The van der Waals surface area contributed by atoms with Crippen LogP contribution in [-0.2, 0) is 31.8 Å². The van der Waals surface area contributed by atoms with Crippen molar-refractivity contribution in [3.63, 3.8) is 0 Å². The first kappa shape index (κ1) is 30.6. The van der Waals surface area contributed by atoms with Crippen molar-refractivity contribution >= 4 is 0 Å². The van der Waals surface area contributed by atoms with Crippen molar-refractivity contribution in [2.24, 2.45) is 0 Å². The van der Waals surface area contributed by atoms with E-state index in [-0.39, 0.29) is 24.4 Å². The fourth-order valence-corrected chi connectivity index (χ4v) is 4.96. The molecule has 4 aliphatic rings. The molecule has 4 aromatic carbocycles. The highest BCUT2D eigenvalue weighted by atomic mass is 16.6.